The molecule has 17 heavy (non-hydrogen) atoms. The number of aliphatic hydroxyl groups excluding tert-OH is 1. The Morgan fingerprint density at radius 2 is 1.94 bits per heavy atom. The fourth-order valence-electron chi connectivity index (χ4n) is 2.51. The first-order valence-electron chi connectivity index (χ1n) is 6.89. The van der Waals surface area contributed by atoms with E-state index in [4.69, 9.17) is 5.11 Å². The molecule has 0 saturated heterocycles. The molecule has 0 aromatic rings. The topological polar surface area (TPSA) is 56.7 Å². The molecule has 1 fully saturated rings. The maximum absolute atomic E-state index is 8.81. The Balaban J connectivity index is 2.50. The van der Waals surface area contributed by atoms with Crippen molar-refractivity contribution in [3.05, 3.63) is 0 Å². The Labute approximate surface area is 105 Å². The molecule has 0 aromatic heterocycles. The average Bonchev–Trinajstić information content (AvgIpc) is 2.82. The monoisotopic (exact) mass is 241 g/mol. The second kappa shape index (κ2) is 7.54. The van der Waals surface area contributed by atoms with Gasteiger partial charge in [0.2, 0.25) is 0 Å². The lowest BCUT2D eigenvalue weighted by molar-refractivity contribution is 0.294. The molecule has 0 unspecified atom stereocenters. The first-order valence-corrected chi connectivity index (χ1v) is 6.89. The van der Waals surface area contributed by atoms with Crippen LogP contribution in [0.15, 0.2) is 4.99 Å². The molecule has 0 aromatic carbocycles. The predicted molar refractivity (Wildman–Crippen MR) is 72.3 cm³/mol. The Hall–Kier alpha value is -0.770. The molecule has 0 bridgehead atoms. The molecule has 4 nitrogen and oxygen atoms in total. The van der Waals surface area contributed by atoms with Gasteiger partial charge < -0.3 is 15.7 Å². The second-order valence-corrected chi connectivity index (χ2v) is 4.91. The van der Waals surface area contributed by atoms with Crippen molar-refractivity contribution in [1.29, 1.82) is 0 Å². The Morgan fingerprint density at radius 1 is 1.24 bits per heavy atom. The third-order valence-electron chi connectivity index (χ3n) is 3.74. The molecule has 0 atom stereocenters. The number of guanidine groups is 1. The van der Waals surface area contributed by atoms with Crippen LogP contribution < -0.4 is 10.6 Å². The zero-order chi connectivity index (χ0) is 12.6. The summed E-state index contributed by atoms with van der Waals surface area (Å²) in [6.07, 6.45) is 6.54. The highest BCUT2D eigenvalue weighted by atomic mass is 16.3. The van der Waals surface area contributed by atoms with E-state index in [1.807, 2.05) is 0 Å². The molecule has 0 heterocycles. The molecular weight excluding hydrogens is 214 g/mol. The molecule has 0 radical (unpaired) electrons. The van der Waals surface area contributed by atoms with Crippen molar-refractivity contribution >= 4 is 5.96 Å². The van der Waals surface area contributed by atoms with Gasteiger partial charge in [0.25, 0.3) is 0 Å². The fraction of sp³-hybridized carbons (Fsp3) is 0.923. The van der Waals surface area contributed by atoms with Crippen LogP contribution in [0.4, 0.5) is 0 Å². The number of hydrogen-bond acceptors (Lipinski definition) is 2. The molecule has 0 amide bonds. The number of hydrogen-bond donors (Lipinski definition) is 3. The summed E-state index contributed by atoms with van der Waals surface area (Å²) in [7, 11) is 0. The van der Waals surface area contributed by atoms with Gasteiger partial charge in [-0.25, -0.2) is 0 Å². The quantitative estimate of drug-likeness (QED) is 0.488. The standard InChI is InChI=1S/C13H27N3O/c1-3-13(7-5-6-8-13)11-16-12(14-4-2)15-9-10-17/h17H,3-11H2,1-2H3,(H2,14,15,16). The van der Waals surface area contributed by atoms with Crippen molar-refractivity contribution in [3.8, 4) is 0 Å². The van der Waals surface area contributed by atoms with Crippen LogP contribution in [0.3, 0.4) is 0 Å². The van der Waals surface area contributed by atoms with Crippen molar-refractivity contribution < 1.29 is 5.11 Å². The molecule has 3 N–H and O–H groups in total. The minimum Gasteiger partial charge on any atom is -0.395 e. The minimum atomic E-state index is 0.142. The predicted octanol–water partition coefficient (Wildman–Crippen LogP) is 1.50. The van der Waals surface area contributed by atoms with E-state index in [1.165, 1.54) is 32.1 Å². The number of nitrogens with one attached hydrogen (secondary N) is 2. The van der Waals surface area contributed by atoms with Crippen molar-refractivity contribution in [3.63, 3.8) is 0 Å². The molecule has 1 saturated carbocycles. The number of aliphatic hydroxyl groups is 1. The van der Waals surface area contributed by atoms with Gasteiger partial charge in [0, 0.05) is 19.6 Å². The lowest BCUT2D eigenvalue weighted by Crippen LogP contribution is -2.39. The van der Waals surface area contributed by atoms with E-state index in [1.54, 1.807) is 0 Å². The van der Waals surface area contributed by atoms with E-state index in [2.05, 4.69) is 29.5 Å². The van der Waals surface area contributed by atoms with Gasteiger partial charge in [-0.05, 0) is 31.6 Å². The smallest absolute Gasteiger partial charge is 0.191 e. The maximum atomic E-state index is 8.81. The second-order valence-electron chi connectivity index (χ2n) is 4.91. The third kappa shape index (κ3) is 4.54. The number of rotatable bonds is 6. The maximum Gasteiger partial charge on any atom is 0.191 e. The van der Waals surface area contributed by atoms with Crippen LogP contribution in [-0.2, 0) is 0 Å². The molecule has 4 heteroatoms. The highest BCUT2D eigenvalue weighted by Gasteiger charge is 2.31. The summed E-state index contributed by atoms with van der Waals surface area (Å²) in [6, 6.07) is 0. The summed E-state index contributed by atoms with van der Waals surface area (Å²) in [5.74, 6) is 0.835. The van der Waals surface area contributed by atoms with E-state index in [-0.39, 0.29) is 6.61 Å². The van der Waals surface area contributed by atoms with Gasteiger partial charge in [-0.2, -0.15) is 0 Å². The summed E-state index contributed by atoms with van der Waals surface area (Å²) < 4.78 is 0. The van der Waals surface area contributed by atoms with Gasteiger partial charge in [0.15, 0.2) is 5.96 Å². The van der Waals surface area contributed by atoms with Gasteiger partial charge >= 0.3 is 0 Å². The first kappa shape index (κ1) is 14.3. The Kier molecular flexibility index (Phi) is 6.34. The summed E-state index contributed by atoms with van der Waals surface area (Å²) in [4.78, 5) is 4.66. The van der Waals surface area contributed by atoms with Crippen molar-refractivity contribution in [2.24, 2.45) is 10.4 Å². The van der Waals surface area contributed by atoms with E-state index in [0.29, 0.717) is 12.0 Å². The molecule has 1 aliphatic carbocycles. The molecular formula is C13H27N3O. The molecule has 100 valence electrons. The van der Waals surface area contributed by atoms with E-state index in [0.717, 1.165) is 19.0 Å². The van der Waals surface area contributed by atoms with Crippen LogP contribution in [0.25, 0.3) is 0 Å². The van der Waals surface area contributed by atoms with E-state index < -0.39 is 0 Å². The fourth-order valence-corrected chi connectivity index (χ4v) is 2.51. The van der Waals surface area contributed by atoms with E-state index >= 15 is 0 Å². The van der Waals surface area contributed by atoms with Crippen LogP contribution >= 0.6 is 0 Å². The largest absolute Gasteiger partial charge is 0.395 e. The Bertz CT molecular complexity index is 235. The van der Waals surface area contributed by atoms with Crippen molar-refractivity contribution in [1.82, 2.24) is 10.6 Å². The molecule has 1 aliphatic rings. The first-order chi connectivity index (χ1) is 8.26. The normalized spacial score (nSPS) is 19.4. The molecule has 0 aliphatic heterocycles. The van der Waals surface area contributed by atoms with Crippen LogP contribution in [-0.4, -0.2) is 37.3 Å². The van der Waals surface area contributed by atoms with Gasteiger partial charge in [-0.1, -0.05) is 19.8 Å². The summed E-state index contributed by atoms with van der Waals surface area (Å²) in [5.41, 5.74) is 0.432. The summed E-state index contributed by atoms with van der Waals surface area (Å²) in [6.45, 7) is 6.80. The molecule has 0 spiro atoms. The van der Waals surface area contributed by atoms with Gasteiger partial charge in [-0.15, -0.1) is 0 Å². The van der Waals surface area contributed by atoms with Crippen molar-refractivity contribution in [2.75, 3.05) is 26.2 Å². The molecule has 1 rings (SSSR count). The third-order valence-corrected chi connectivity index (χ3v) is 3.74. The number of aliphatic imine (C=N–C) groups is 1. The zero-order valence-electron chi connectivity index (χ0n) is 11.3. The summed E-state index contributed by atoms with van der Waals surface area (Å²) >= 11 is 0. The van der Waals surface area contributed by atoms with Gasteiger partial charge in [-0.3, -0.25) is 4.99 Å². The SMILES string of the molecule is CCNC(=NCC1(CC)CCCC1)NCCO. The Morgan fingerprint density at radius 3 is 2.47 bits per heavy atom. The highest BCUT2D eigenvalue weighted by Crippen LogP contribution is 2.41. The van der Waals surface area contributed by atoms with Crippen LogP contribution in [0, 0.1) is 5.41 Å². The number of nitrogens with zero attached hydrogens (tertiary/aromatic N) is 1. The minimum absolute atomic E-state index is 0.142. The highest BCUT2D eigenvalue weighted by molar-refractivity contribution is 5.79. The lowest BCUT2D eigenvalue weighted by atomic mass is 9.84. The van der Waals surface area contributed by atoms with Gasteiger partial charge in [0.05, 0.1) is 6.61 Å². The zero-order valence-corrected chi connectivity index (χ0v) is 11.3. The van der Waals surface area contributed by atoms with Crippen LogP contribution in [0.2, 0.25) is 0 Å². The lowest BCUT2D eigenvalue weighted by Gasteiger charge is -2.25. The summed E-state index contributed by atoms with van der Waals surface area (Å²) in [5, 5.41) is 15.1. The van der Waals surface area contributed by atoms with Crippen molar-refractivity contribution in [2.45, 2.75) is 46.0 Å². The van der Waals surface area contributed by atoms with Crippen LogP contribution in [0.1, 0.15) is 46.0 Å². The van der Waals surface area contributed by atoms with Crippen LogP contribution in [0.5, 0.6) is 0 Å². The van der Waals surface area contributed by atoms with Gasteiger partial charge in [0.1, 0.15) is 0 Å². The van der Waals surface area contributed by atoms with E-state index in [9.17, 15) is 0 Å². The average molecular weight is 241 g/mol.